The topological polar surface area (TPSA) is 42.2 Å². The van der Waals surface area contributed by atoms with Crippen molar-refractivity contribution in [2.45, 2.75) is 39.8 Å². The van der Waals surface area contributed by atoms with Gasteiger partial charge in [0, 0.05) is 17.4 Å². The lowest BCUT2D eigenvalue weighted by atomic mass is 10.1. The zero-order valence-corrected chi connectivity index (χ0v) is 13.7. The van der Waals surface area contributed by atoms with E-state index in [-0.39, 0.29) is 6.04 Å². The Morgan fingerprint density at radius 3 is 2.65 bits per heavy atom. The predicted molar refractivity (Wildman–Crippen MR) is 82.3 cm³/mol. The first kappa shape index (κ1) is 15.2. The predicted octanol–water partition coefficient (Wildman–Crippen LogP) is 4.11. The summed E-state index contributed by atoms with van der Waals surface area (Å²) in [6, 6.07) is 8.62. The van der Waals surface area contributed by atoms with E-state index < -0.39 is 0 Å². The molecule has 0 aliphatic rings. The molecule has 5 heteroatoms. The molecule has 1 aromatic carbocycles. The number of hydrogen-bond acceptors (Lipinski definition) is 4. The molecule has 20 heavy (non-hydrogen) atoms. The van der Waals surface area contributed by atoms with Crippen molar-refractivity contribution in [1.29, 1.82) is 0 Å². The van der Waals surface area contributed by atoms with Crippen molar-refractivity contribution in [3.63, 3.8) is 0 Å². The van der Waals surface area contributed by atoms with E-state index in [2.05, 4.69) is 63.1 Å². The molecular weight excluding hydrogens is 318 g/mol. The van der Waals surface area contributed by atoms with E-state index in [0.29, 0.717) is 18.3 Å². The molecule has 0 aliphatic heterocycles. The molecule has 0 fully saturated rings. The molecule has 108 valence electrons. The molecule has 0 N–H and O–H groups in total. The number of benzene rings is 1. The van der Waals surface area contributed by atoms with E-state index in [1.807, 2.05) is 13.0 Å². The van der Waals surface area contributed by atoms with E-state index in [4.69, 9.17) is 4.42 Å². The van der Waals surface area contributed by atoms with E-state index in [9.17, 15) is 0 Å². The maximum Gasteiger partial charge on any atom is 0.230 e. The monoisotopic (exact) mass is 337 g/mol. The minimum absolute atomic E-state index is 0.290. The third-order valence-electron chi connectivity index (χ3n) is 3.32. The molecule has 1 heterocycles. The summed E-state index contributed by atoms with van der Waals surface area (Å²) in [5.74, 6) is 1.29. The highest BCUT2D eigenvalue weighted by Gasteiger charge is 2.19. The van der Waals surface area contributed by atoms with Crippen LogP contribution in [0.25, 0.3) is 0 Å². The lowest BCUT2D eigenvalue weighted by molar-refractivity contribution is 0.181. The van der Waals surface area contributed by atoms with Crippen molar-refractivity contribution >= 4 is 15.9 Å². The SMILES string of the molecule is CCCN(Cc1nnc(C)o1)[C@@H](C)c1ccccc1Br. The Morgan fingerprint density at radius 1 is 1.30 bits per heavy atom. The van der Waals surface area contributed by atoms with Crippen LogP contribution in [-0.2, 0) is 6.54 Å². The first-order valence-corrected chi connectivity index (χ1v) is 7.68. The summed E-state index contributed by atoms with van der Waals surface area (Å²) in [7, 11) is 0. The summed E-state index contributed by atoms with van der Waals surface area (Å²) in [4.78, 5) is 2.35. The quantitative estimate of drug-likeness (QED) is 0.795. The van der Waals surface area contributed by atoms with Crippen molar-refractivity contribution in [3.05, 3.63) is 46.1 Å². The molecule has 0 radical (unpaired) electrons. The average molecular weight is 338 g/mol. The van der Waals surface area contributed by atoms with Crippen molar-refractivity contribution < 1.29 is 4.42 Å². The van der Waals surface area contributed by atoms with Crippen LogP contribution in [0.2, 0.25) is 0 Å². The van der Waals surface area contributed by atoms with Gasteiger partial charge < -0.3 is 4.42 Å². The molecule has 2 aromatic rings. The third-order valence-corrected chi connectivity index (χ3v) is 4.04. The first-order valence-electron chi connectivity index (χ1n) is 6.89. The molecule has 0 saturated carbocycles. The van der Waals surface area contributed by atoms with E-state index >= 15 is 0 Å². The molecular formula is C15H20BrN3O. The van der Waals surface area contributed by atoms with Crippen molar-refractivity contribution in [2.24, 2.45) is 0 Å². The van der Waals surface area contributed by atoms with Crippen LogP contribution in [0, 0.1) is 6.92 Å². The lowest BCUT2D eigenvalue weighted by Gasteiger charge is -2.28. The molecule has 0 amide bonds. The number of aryl methyl sites for hydroxylation is 1. The highest BCUT2D eigenvalue weighted by atomic mass is 79.9. The minimum Gasteiger partial charge on any atom is -0.424 e. The van der Waals surface area contributed by atoms with Gasteiger partial charge >= 0.3 is 0 Å². The van der Waals surface area contributed by atoms with Gasteiger partial charge in [0.1, 0.15) is 0 Å². The Kier molecular flexibility index (Phi) is 5.31. The fourth-order valence-corrected chi connectivity index (χ4v) is 2.90. The molecule has 1 aromatic heterocycles. The zero-order chi connectivity index (χ0) is 14.5. The molecule has 2 rings (SSSR count). The summed E-state index contributed by atoms with van der Waals surface area (Å²) in [5.41, 5.74) is 1.28. The van der Waals surface area contributed by atoms with Gasteiger partial charge in [-0.1, -0.05) is 41.1 Å². The highest BCUT2D eigenvalue weighted by Crippen LogP contribution is 2.28. The Hall–Kier alpha value is -1.20. The van der Waals surface area contributed by atoms with Crippen molar-refractivity contribution in [3.8, 4) is 0 Å². The maximum absolute atomic E-state index is 5.50. The summed E-state index contributed by atoms with van der Waals surface area (Å²) in [6.07, 6.45) is 1.09. The molecule has 0 bridgehead atoms. The summed E-state index contributed by atoms with van der Waals surface area (Å²) >= 11 is 3.63. The second-order valence-corrected chi connectivity index (χ2v) is 5.74. The fourth-order valence-electron chi connectivity index (χ4n) is 2.28. The lowest BCUT2D eigenvalue weighted by Crippen LogP contribution is -2.28. The van der Waals surface area contributed by atoms with E-state index in [1.165, 1.54) is 5.56 Å². The fraction of sp³-hybridized carbons (Fsp3) is 0.467. The third kappa shape index (κ3) is 3.67. The van der Waals surface area contributed by atoms with Gasteiger partial charge in [-0.25, -0.2) is 0 Å². The van der Waals surface area contributed by atoms with Gasteiger partial charge in [-0.3, -0.25) is 4.90 Å². The number of nitrogens with zero attached hydrogens (tertiary/aromatic N) is 3. The molecule has 0 saturated heterocycles. The van der Waals surface area contributed by atoms with Crippen LogP contribution in [0.4, 0.5) is 0 Å². The first-order chi connectivity index (χ1) is 9.61. The van der Waals surface area contributed by atoms with Gasteiger partial charge in [-0.15, -0.1) is 10.2 Å². The molecule has 0 unspecified atom stereocenters. The average Bonchev–Trinajstić information content (AvgIpc) is 2.83. The number of rotatable bonds is 6. The van der Waals surface area contributed by atoms with Crippen molar-refractivity contribution in [2.75, 3.05) is 6.54 Å². The Labute approximate surface area is 128 Å². The summed E-state index contributed by atoms with van der Waals surface area (Å²) in [5, 5.41) is 7.99. The van der Waals surface area contributed by atoms with Crippen LogP contribution in [-0.4, -0.2) is 21.6 Å². The zero-order valence-electron chi connectivity index (χ0n) is 12.1. The Balaban J connectivity index is 2.17. The van der Waals surface area contributed by atoms with Crippen LogP contribution in [0.3, 0.4) is 0 Å². The molecule has 4 nitrogen and oxygen atoms in total. The van der Waals surface area contributed by atoms with Gasteiger partial charge in [0.25, 0.3) is 0 Å². The summed E-state index contributed by atoms with van der Waals surface area (Å²) < 4.78 is 6.64. The van der Waals surface area contributed by atoms with Crippen LogP contribution in [0.1, 0.15) is 43.7 Å². The summed E-state index contributed by atoms with van der Waals surface area (Å²) in [6.45, 7) is 7.87. The second-order valence-electron chi connectivity index (χ2n) is 4.88. The number of halogens is 1. The van der Waals surface area contributed by atoms with E-state index in [0.717, 1.165) is 17.4 Å². The van der Waals surface area contributed by atoms with Crippen LogP contribution >= 0.6 is 15.9 Å². The van der Waals surface area contributed by atoms with Gasteiger partial charge in [0.15, 0.2) is 0 Å². The Morgan fingerprint density at radius 2 is 2.05 bits per heavy atom. The van der Waals surface area contributed by atoms with Gasteiger partial charge in [0.05, 0.1) is 6.54 Å². The van der Waals surface area contributed by atoms with E-state index in [1.54, 1.807) is 0 Å². The van der Waals surface area contributed by atoms with Gasteiger partial charge in [-0.05, 0) is 31.5 Å². The largest absolute Gasteiger partial charge is 0.424 e. The smallest absolute Gasteiger partial charge is 0.230 e. The van der Waals surface area contributed by atoms with Crippen LogP contribution in [0.5, 0.6) is 0 Å². The molecule has 1 atom stereocenters. The van der Waals surface area contributed by atoms with Crippen LogP contribution in [0.15, 0.2) is 33.2 Å². The molecule has 0 spiro atoms. The van der Waals surface area contributed by atoms with Gasteiger partial charge in [-0.2, -0.15) is 0 Å². The second kappa shape index (κ2) is 6.99. The van der Waals surface area contributed by atoms with Crippen LogP contribution < -0.4 is 0 Å². The normalized spacial score (nSPS) is 12.8. The highest BCUT2D eigenvalue weighted by molar-refractivity contribution is 9.10. The Bertz CT molecular complexity index is 556. The number of hydrogen-bond donors (Lipinski definition) is 0. The standard InChI is InChI=1S/C15H20BrN3O/c1-4-9-19(10-15-18-17-12(3)20-15)11(2)13-7-5-6-8-14(13)16/h5-8,11H,4,9-10H2,1-3H3/t11-/m0/s1. The minimum atomic E-state index is 0.290. The molecule has 0 aliphatic carbocycles. The van der Waals surface area contributed by atoms with Gasteiger partial charge in [0.2, 0.25) is 11.8 Å². The van der Waals surface area contributed by atoms with Crippen molar-refractivity contribution in [1.82, 2.24) is 15.1 Å². The number of aromatic nitrogens is 2. The maximum atomic E-state index is 5.50.